The maximum absolute atomic E-state index is 13.7. The van der Waals surface area contributed by atoms with E-state index in [9.17, 15) is 14.5 Å². The molecule has 1 rings (SSSR count). The van der Waals surface area contributed by atoms with Gasteiger partial charge in [0.15, 0.2) is 8.32 Å². The van der Waals surface area contributed by atoms with Gasteiger partial charge in [-0.1, -0.05) is 44.0 Å². The third-order valence-corrected chi connectivity index (χ3v) is 9.41. The van der Waals surface area contributed by atoms with Crippen molar-refractivity contribution in [2.24, 2.45) is 0 Å². The van der Waals surface area contributed by atoms with Crippen molar-refractivity contribution >= 4 is 31.5 Å². The molecule has 0 spiro atoms. The number of hydrogen-bond acceptors (Lipinski definition) is 3. The zero-order valence-corrected chi connectivity index (χ0v) is 15.4. The highest BCUT2D eigenvalue weighted by Gasteiger charge is 2.36. The van der Waals surface area contributed by atoms with E-state index in [0.29, 0.717) is 0 Å². The van der Waals surface area contributed by atoms with E-state index in [-0.39, 0.29) is 15.6 Å². The molecule has 124 valence electrons. The van der Waals surface area contributed by atoms with Crippen molar-refractivity contribution in [2.75, 3.05) is 6.54 Å². The lowest BCUT2D eigenvalue weighted by Crippen LogP contribution is -2.39. The Kier molecular flexibility index (Phi) is 7.25. The zero-order valence-electron chi connectivity index (χ0n) is 12.9. The number of nitro groups is 1. The van der Waals surface area contributed by atoms with Crippen LogP contribution in [0.15, 0.2) is 12.1 Å². The van der Waals surface area contributed by atoms with E-state index in [1.54, 1.807) is 0 Å². The van der Waals surface area contributed by atoms with Gasteiger partial charge < -0.3 is 4.43 Å². The summed E-state index contributed by atoms with van der Waals surface area (Å²) in [6.45, 7) is 5.54. The first-order valence-corrected chi connectivity index (χ1v) is 10.5. The van der Waals surface area contributed by atoms with E-state index < -0.39 is 31.7 Å². The largest absolute Gasteiger partial charge is 0.404 e. The fraction of sp³-hybridized carbons (Fsp3) is 0.571. The normalized spacial score (nSPS) is 13.2. The van der Waals surface area contributed by atoms with Gasteiger partial charge in [0, 0.05) is 15.5 Å². The number of benzene rings is 1. The lowest BCUT2D eigenvalue weighted by Gasteiger charge is -2.32. The van der Waals surface area contributed by atoms with Gasteiger partial charge in [-0.25, -0.2) is 4.39 Å². The molecule has 0 aromatic heterocycles. The van der Waals surface area contributed by atoms with Crippen molar-refractivity contribution in [3.8, 4) is 0 Å². The minimum atomic E-state index is -2.14. The number of halogens is 3. The van der Waals surface area contributed by atoms with Crippen LogP contribution in [0.2, 0.25) is 28.2 Å². The molecule has 0 amide bonds. The SMILES string of the molecule is CC[Si](CC)(CC)OC(C[N+](=O)[O-])c1c(Cl)ccc(F)c1Cl. The molecule has 1 unspecified atom stereocenters. The predicted molar refractivity (Wildman–Crippen MR) is 89.3 cm³/mol. The van der Waals surface area contributed by atoms with Gasteiger partial charge in [-0.05, 0) is 30.3 Å². The molecule has 0 radical (unpaired) electrons. The Morgan fingerprint density at radius 1 is 1.27 bits per heavy atom. The van der Waals surface area contributed by atoms with Crippen LogP contribution in [-0.4, -0.2) is 19.8 Å². The third kappa shape index (κ3) is 4.41. The summed E-state index contributed by atoms with van der Waals surface area (Å²) in [6, 6.07) is 4.94. The molecule has 0 aliphatic heterocycles. The van der Waals surface area contributed by atoms with E-state index in [1.165, 1.54) is 6.07 Å². The van der Waals surface area contributed by atoms with Crippen molar-refractivity contribution in [2.45, 2.75) is 45.0 Å². The minimum Gasteiger partial charge on any atom is -0.404 e. The molecule has 0 saturated carbocycles. The molecule has 4 nitrogen and oxygen atoms in total. The van der Waals surface area contributed by atoms with Gasteiger partial charge in [0.25, 0.3) is 0 Å². The molecule has 0 aliphatic carbocycles. The second kappa shape index (κ2) is 8.24. The first-order chi connectivity index (χ1) is 10.3. The van der Waals surface area contributed by atoms with Gasteiger partial charge in [-0.3, -0.25) is 10.1 Å². The van der Waals surface area contributed by atoms with Crippen LogP contribution in [0, 0.1) is 15.9 Å². The Hall–Kier alpha value is -0.693. The summed E-state index contributed by atoms with van der Waals surface area (Å²) in [5.74, 6) is -0.658. The quantitative estimate of drug-likeness (QED) is 0.265. The van der Waals surface area contributed by atoms with E-state index in [0.717, 1.165) is 24.2 Å². The minimum absolute atomic E-state index is 0.173. The van der Waals surface area contributed by atoms with Gasteiger partial charge in [-0.2, -0.15) is 0 Å². The Balaban J connectivity index is 3.30. The van der Waals surface area contributed by atoms with Crippen LogP contribution >= 0.6 is 23.2 Å². The van der Waals surface area contributed by atoms with Crippen LogP contribution in [0.1, 0.15) is 32.4 Å². The first kappa shape index (κ1) is 19.4. The van der Waals surface area contributed by atoms with Gasteiger partial charge >= 0.3 is 0 Å². The van der Waals surface area contributed by atoms with Crippen molar-refractivity contribution in [1.29, 1.82) is 0 Å². The molecule has 1 aromatic carbocycles. The Bertz CT molecular complexity index is 533. The first-order valence-electron chi connectivity index (χ1n) is 7.23. The number of rotatable bonds is 8. The summed E-state index contributed by atoms with van der Waals surface area (Å²) in [5.41, 5.74) is 0.173. The van der Waals surface area contributed by atoms with Crippen molar-refractivity contribution in [3.05, 3.63) is 43.7 Å². The molecule has 0 bridgehead atoms. The molecule has 8 heteroatoms. The standard InChI is InChI=1S/C14H20Cl2FNO3Si/c1-4-22(5-2,6-3)21-12(9-18(19)20)13-10(15)7-8-11(17)14(13)16/h7-8,12H,4-6,9H2,1-3H3. The van der Waals surface area contributed by atoms with Crippen LogP contribution in [0.4, 0.5) is 4.39 Å². The molecule has 0 saturated heterocycles. The van der Waals surface area contributed by atoms with Crippen LogP contribution in [0.3, 0.4) is 0 Å². The fourth-order valence-corrected chi connectivity index (χ4v) is 5.87. The zero-order chi connectivity index (χ0) is 16.9. The molecule has 0 N–H and O–H groups in total. The molecule has 0 fully saturated rings. The van der Waals surface area contributed by atoms with Crippen molar-refractivity contribution in [3.63, 3.8) is 0 Å². The molecule has 0 heterocycles. The van der Waals surface area contributed by atoms with Crippen LogP contribution in [0.25, 0.3) is 0 Å². The van der Waals surface area contributed by atoms with E-state index in [4.69, 9.17) is 27.6 Å². The second-order valence-corrected chi connectivity index (χ2v) is 10.6. The Labute approximate surface area is 140 Å². The van der Waals surface area contributed by atoms with Crippen LogP contribution in [-0.2, 0) is 4.43 Å². The average Bonchev–Trinajstić information content (AvgIpc) is 2.48. The summed E-state index contributed by atoms with van der Waals surface area (Å²) >= 11 is 12.1. The lowest BCUT2D eigenvalue weighted by atomic mass is 10.1. The monoisotopic (exact) mass is 367 g/mol. The summed E-state index contributed by atoms with van der Waals surface area (Å²) in [7, 11) is -2.14. The Morgan fingerprint density at radius 2 is 1.82 bits per heavy atom. The van der Waals surface area contributed by atoms with E-state index in [1.807, 2.05) is 20.8 Å². The van der Waals surface area contributed by atoms with Gasteiger partial charge in [0.1, 0.15) is 11.9 Å². The maximum atomic E-state index is 13.7. The second-order valence-electron chi connectivity index (χ2n) is 5.12. The van der Waals surface area contributed by atoms with Crippen LogP contribution in [0.5, 0.6) is 0 Å². The highest BCUT2D eigenvalue weighted by molar-refractivity contribution is 6.73. The van der Waals surface area contributed by atoms with Crippen molar-refractivity contribution in [1.82, 2.24) is 0 Å². The van der Waals surface area contributed by atoms with Gasteiger partial charge in [0.2, 0.25) is 6.54 Å². The van der Waals surface area contributed by atoms with E-state index in [2.05, 4.69) is 0 Å². The van der Waals surface area contributed by atoms with Gasteiger partial charge in [0.05, 0.1) is 5.02 Å². The maximum Gasteiger partial charge on any atom is 0.232 e. The van der Waals surface area contributed by atoms with E-state index >= 15 is 0 Å². The highest BCUT2D eigenvalue weighted by Crippen LogP contribution is 2.38. The molecule has 22 heavy (non-hydrogen) atoms. The smallest absolute Gasteiger partial charge is 0.232 e. The van der Waals surface area contributed by atoms with Crippen LogP contribution < -0.4 is 0 Å². The summed E-state index contributed by atoms with van der Waals surface area (Å²) in [4.78, 5) is 10.5. The highest BCUT2D eigenvalue weighted by atomic mass is 35.5. The summed E-state index contributed by atoms with van der Waals surface area (Å²) in [5, 5.41) is 11.0. The number of hydrogen-bond donors (Lipinski definition) is 0. The Morgan fingerprint density at radius 3 is 2.27 bits per heavy atom. The fourth-order valence-electron chi connectivity index (χ4n) is 2.46. The lowest BCUT2D eigenvalue weighted by molar-refractivity contribution is -0.490. The van der Waals surface area contributed by atoms with Crippen molar-refractivity contribution < 1.29 is 13.7 Å². The third-order valence-electron chi connectivity index (χ3n) is 4.04. The molecular weight excluding hydrogens is 348 g/mol. The predicted octanol–water partition coefficient (Wildman–Crippen LogP) is 5.47. The summed E-state index contributed by atoms with van der Waals surface area (Å²) in [6.07, 6.45) is -0.933. The topological polar surface area (TPSA) is 52.4 Å². The van der Waals surface area contributed by atoms with Gasteiger partial charge in [-0.15, -0.1) is 0 Å². The average molecular weight is 368 g/mol. The molecular formula is C14H20Cl2FNO3Si. The molecule has 1 atom stereocenters. The number of nitrogens with zero attached hydrogens (tertiary/aromatic N) is 1. The molecule has 1 aromatic rings. The summed E-state index contributed by atoms with van der Waals surface area (Å²) < 4.78 is 19.9. The molecule has 0 aliphatic rings.